The maximum absolute atomic E-state index is 13.9. The lowest BCUT2D eigenvalue weighted by Crippen LogP contribution is -2.17. The molecular formula is C20H23F4NO. The first kappa shape index (κ1) is 23.4. The lowest BCUT2D eigenvalue weighted by molar-refractivity contribution is -0.274. The van der Waals surface area contributed by atoms with E-state index in [0.717, 1.165) is 12.1 Å². The highest BCUT2D eigenvalue weighted by molar-refractivity contribution is 5.67. The van der Waals surface area contributed by atoms with Crippen LogP contribution in [0.2, 0.25) is 0 Å². The quantitative estimate of drug-likeness (QED) is 0.533. The molecule has 0 radical (unpaired) electrons. The predicted octanol–water partition coefficient (Wildman–Crippen LogP) is 7.01. The Bertz CT molecular complexity index is 734. The van der Waals surface area contributed by atoms with Gasteiger partial charge in [0.1, 0.15) is 11.6 Å². The second-order valence-corrected chi connectivity index (χ2v) is 5.04. The zero-order valence-corrected chi connectivity index (χ0v) is 15.5. The molecule has 0 bridgehead atoms. The maximum atomic E-state index is 13.9. The van der Waals surface area contributed by atoms with Crippen LogP contribution in [0.15, 0.2) is 36.4 Å². The molecule has 6 heteroatoms. The standard InChI is InChI=1S/C15H9F4NO.C3H8.C2H6/c1-9-6-11(3-5-14(9)21-15(17,18)19)12-4-2-10(8-20)7-13(12)16;1-3-2;1-2/h2-7H,1H3;3H2,1-2H3;1-2H3. The Morgan fingerprint density at radius 3 is 2.04 bits per heavy atom. The van der Waals surface area contributed by atoms with E-state index in [2.05, 4.69) is 18.6 Å². The first-order valence-corrected chi connectivity index (χ1v) is 8.28. The fourth-order valence-electron chi connectivity index (χ4n) is 1.87. The van der Waals surface area contributed by atoms with Crippen LogP contribution in [0.1, 0.15) is 45.2 Å². The summed E-state index contributed by atoms with van der Waals surface area (Å²) in [6.45, 7) is 9.69. The van der Waals surface area contributed by atoms with Crippen molar-refractivity contribution in [3.05, 3.63) is 53.3 Å². The average Bonchev–Trinajstić information content (AvgIpc) is 2.58. The van der Waals surface area contributed by atoms with Crippen LogP contribution < -0.4 is 4.74 Å². The van der Waals surface area contributed by atoms with E-state index in [1.165, 1.54) is 37.6 Å². The Kier molecular flexibility index (Phi) is 10.0. The number of halogens is 4. The van der Waals surface area contributed by atoms with Gasteiger partial charge in [-0.2, -0.15) is 5.26 Å². The summed E-state index contributed by atoms with van der Waals surface area (Å²) in [7, 11) is 0. The first-order valence-electron chi connectivity index (χ1n) is 8.28. The normalized spacial score (nSPS) is 9.85. The molecule has 0 atom stereocenters. The number of hydrogen-bond donors (Lipinski definition) is 0. The van der Waals surface area contributed by atoms with Gasteiger partial charge in [-0.15, -0.1) is 13.2 Å². The Hall–Kier alpha value is -2.55. The molecule has 2 rings (SSSR count). The zero-order chi connectivity index (χ0) is 20.3. The molecule has 26 heavy (non-hydrogen) atoms. The fraction of sp³-hybridized carbons (Fsp3) is 0.350. The number of ether oxygens (including phenoxy) is 1. The van der Waals surface area contributed by atoms with Gasteiger partial charge in [-0.05, 0) is 42.3 Å². The minimum Gasteiger partial charge on any atom is -0.406 e. The van der Waals surface area contributed by atoms with Gasteiger partial charge in [0.05, 0.1) is 11.6 Å². The third-order valence-corrected chi connectivity index (χ3v) is 2.81. The van der Waals surface area contributed by atoms with Crippen LogP contribution in [0.25, 0.3) is 11.1 Å². The van der Waals surface area contributed by atoms with Gasteiger partial charge in [0.2, 0.25) is 0 Å². The van der Waals surface area contributed by atoms with Crippen LogP contribution in [0.4, 0.5) is 17.6 Å². The van der Waals surface area contributed by atoms with Crippen LogP contribution in [-0.2, 0) is 0 Å². The molecule has 0 aliphatic rings. The highest BCUT2D eigenvalue weighted by Gasteiger charge is 2.31. The summed E-state index contributed by atoms with van der Waals surface area (Å²) in [5.74, 6) is -0.946. The number of hydrogen-bond acceptors (Lipinski definition) is 2. The van der Waals surface area contributed by atoms with Gasteiger partial charge >= 0.3 is 6.36 Å². The summed E-state index contributed by atoms with van der Waals surface area (Å²) in [6.07, 6.45) is -3.52. The van der Waals surface area contributed by atoms with E-state index < -0.39 is 12.2 Å². The SMILES string of the molecule is CC.CCC.Cc1cc(-c2ccc(C#N)cc2F)ccc1OC(F)(F)F. The summed E-state index contributed by atoms with van der Waals surface area (Å²) in [5.41, 5.74) is 1.01. The molecule has 2 nitrogen and oxygen atoms in total. The molecule has 142 valence electrons. The summed E-state index contributed by atoms with van der Waals surface area (Å²) >= 11 is 0. The van der Waals surface area contributed by atoms with Crippen molar-refractivity contribution in [3.8, 4) is 22.9 Å². The predicted molar refractivity (Wildman–Crippen MR) is 95.3 cm³/mol. The third kappa shape index (κ3) is 7.56. The van der Waals surface area contributed by atoms with Crippen molar-refractivity contribution in [2.24, 2.45) is 0 Å². The van der Waals surface area contributed by atoms with Crippen molar-refractivity contribution >= 4 is 0 Å². The number of nitriles is 1. The second-order valence-electron chi connectivity index (χ2n) is 5.04. The highest BCUT2D eigenvalue weighted by Crippen LogP contribution is 2.31. The maximum Gasteiger partial charge on any atom is 0.573 e. The van der Waals surface area contributed by atoms with E-state index in [1.54, 1.807) is 0 Å². The molecule has 0 unspecified atom stereocenters. The minimum absolute atomic E-state index is 0.171. The van der Waals surface area contributed by atoms with Crippen LogP contribution in [0.5, 0.6) is 5.75 Å². The van der Waals surface area contributed by atoms with Crippen molar-refractivity contribution in [1.82, 2.24) is 0 Å². The summed E-state index contributed by atoms with van der Waals surface area (Å²) < 4.78 is 54.3. The highest BCUT2D eigenvalue weighted by atomic mass is 19.4. The third-order valence-electron chi connectivity index (χ3n) is 2.81. The summed E-state index contributed by atoms with van der Waals surface area (Å²) in [5, 5.41) is 8.67. The van der Waals surface area contributed by atoms with Gasteiger partial charge in [0, 0.05) is 5.56 Å². The van der Waals surface area contributed by atoms with Crippen molar-refractivity contribution in [1.29, 1.82) is 5.26 Å². The van der Waals surface area contributed by atoms with E-state index in [-0.39, 0.29) is 22.4 Å². The molecule has 0 aliphatic heterocycles. The van der Waals surface area contributed by atoms with E-state index in [4.69, 9.17) is 5.26 Å². The molecule has 0 saturated heterocycles. The zero-order valence-electron chi connectivity index (χ0n) is 15.5. The van der Waals surface area contributed by atoms with Crippen LogP contribution in [0, 0.1) is 24.1 Å². The van der Waals surface area contributed by atoms with E-state index in [0.29, 0.717) is 5.56 Å². The molecule has 0 amide bonds. The largest absolute Gasteiger partial charge is 0.573 e. The monoisotopic (exact) mass is 369 g/mol. The smallest absolute Gasteiger partial charge is 0.406 e. The van der Waals surface area contributed by atoms with Gasteiger partial charge in [0.15, 0.2) is 0 Å². The Morgan fingerprint density at radius 2 is 1.62 bits per heavy atom. The molecule has 0 aromatic heterocycles. The molecule has 0 N–H and O–H groups in total. The van der Waals surface area contributed by atoms with Gasteiger partial charge in [-0.3, -0.25) is 0 Å². The lowest BCUT2D eigenvalue weighted by Gasteiger charge is -2.12. The molecule has 2 aromatic carbocycles. The van der Waals surface area contributed by atoms with Crippen molar-refractivity contribution in [3.63, 3.8) is 0 Å². The van der Waals surface area contributed by atoms with Gasteiger partial charge in [0.25, 0.3) is 0 Å². The Morgan fingerprint density at radius 1 is 1.04 bits per heavy atom. The number of aryl methyl sites for hydroxylation is 1. The minimum atomic E-state index is -4.77. The molecule has 0 aliphatic carbocycles. The van der Waals surface area contributed by atoms with Gasteiger partial charge in [-0.25, -0.2) is 4.39 Å². The molecule has 0 fully saturated rings. The van der Waals surface area contributed by atoms with Crippen LogP contribution >= 0.6 is 0 Å². The second kappa shape index (κ2) is 11.1. The van der Waals surface area contributed by atoms with Gasteiger partial charge in [-0.1, -0.05) is 46.2 Å². The number of rotatable bonds is 2. The fourth-order valence-corrected chi connectivity index (χ4v) is 1.87. The molecule has 0 heterocycles. The molecule has 0 saturated carbocycles. The number of nitrogens with zero attached hydrogens (tertiary/aromatic N) is 1. The van der Waals surface area contributed by atoms with Crippen molar-refractivity contribution in [2.45, 2.75) is 47.4 Å². The summed E-state index contributed by atoms with van der Waals surface area (Å²) in [6, 6.07) is 9.59. The Labute approximate surface area is 152 Å². The van der Waals surface area contributed by atoms with Crippen LogP contribution in [0.3, 0.4) is 0 Å². The van der Waals surface area contributed by atoms with Crippen molar-refractivity contribution in [2.75, 3.05) is 0 Å². The molecule has 2 aromatic rings. The van der Waals surface area contributed by atoms with E-state index >= 15 is 0 Å². The first-order chi connectivity index (χ1) is 12.2. The van der Waals surface area contributed by atoms with Gasteiger partial charge < -0.3 is 4.74 Å². The van der Waals surface area contributed by atoms with Crippen molar-refractivity contribution < 1.29 is 22.3 Å². The van der Waals surface area contributed by atoms with E-state index in [9.17, 15) is 17.6 Å². The number of benzene rings is 2. The number of alkyl halides is 3. The lowest BCUT2D eigenvalue weighted by atomic mass is 10.0. The Balaban J connectivity index is 0.00000113. The molecular weight excluding hydrogens is 346 g/mol. The molecule has 0 spiro atoms. The topological polar surface area (TPSA) is 33.0 Å². The van der Waals surface area contributed by atoms with Crippen LogP contribution in [-0.4, -0.2) is 6.36 Å². The van der Waals surface area contributed by atoms with E-state index in [1.807, 2.05) is 19.9 Å². The average molecular weight is 369 g/mol. The summed E-state index contributed by atoms with van der Waals surface area (Å²) in [4.78, 5) is 0.